The molecule has 3 rings (SSSR count). The Morgan fingerprint density at radius 1 is 1.24 bits per heavy atom. The van der Waals surface area contributed by atoms with Gasteiger partial charge in [-0.05, 0) is 26.4 Å². The maximum absolute atomic E-state index is 4.41. The average molecular weight is 289 g/mol. The molecule has 2 N–H and O–H groups in total. The van der Waals surface area contributed by atoms with Crippen molar-refractivity contribution in [3.63, 3.8) is 0 Å². The minimum atomic E-state index is 0.347. The first kappa shape index (κ1) is 13.7. The number of likely N-dealkylation sites (N-methyl/N-ethyl adjacent to an activating group) is 1. The summed E-state index contributed by atoms with van der Waals surface area (Å²) in [6.45, 7) is 2.13. The van der Waals surface area contributed by atoms with Crippen LogP contribution in [0.3, 0.4) is 0 Å². The first-order valence-electron chi connectivity index (χ1n) is 6.98. The molecule has 9 nitrogen and oxygen atoms in total. The van der Waals surface area contributed by atoms with Crippen LogP contribution in [0.1, 0.15) is 12.8 Å². The van der Waals surface area contributed by atoms with Crippen molar-refractivity contribution in [1.82, 2.24) is 34.6 Å². The Bertz CT molecular complexity index is 582. The zero-order valence-corrected chi connectivity index (χ0v) is 12.2. The number of nitrogens with zero attached hydrogens (tertiary/aromatic N) is 7. The summed E-state index contributed by atoms with van der Waals surface area (Å²) in [5.74, 6) is 1.50. The zero-order valence-electron chi connectivity index (χ0n) is 12.2. The van der Waals surface area contributed by atoms with E-state index >= 15 is 0 Å². The monoisotopic (exact) mass is 289 g/mol. The Kier molecular flexibility index (Phi) is 3.91. The van der Waals surface area contributed by atoms with Gasteiger partial charge in [-0.15, -0.1) is 0 Å². The quantitative estimate of drug-likeness (QED) is 0.812. The van der Waals surface area contributed by atoms with Crippen LogP contribution in [0.5, 0.6) is 0 Å². The van der Waals surface area contributed by atoms with Crippen LogP contribution in [0.4, 0.5) is 11.9 Å². The Hall–Kier alpha value is -2.29. The fourth-order valence-electron chi connectivity index (χ4n) is 2.42. The number of piperidine rings is 1. The highest BCUT2D eigenvalue weighted by atomic mass is 15.4. The summed E-state index contributed by atoms with van der Waals surface area (Å²) in [6, 6.07) is 0.347. The molecule has 21 heavy (non-hydrogen) atoms. The number of anilines is 2. The van der Waals surface area contributed by atoms with Gasteiger partial charge in [-0.3, -0.25) is 0 Å². The van der Waals surface area contributed by atoms with Crippen molar-refractivity contribution in [1.29, 1.82) is 0 Å². The van der Waals surface area contributed by atoms with E-state index in [9.17, 15) is 0 Å². The summed E-state index contributed by atoms with van der Waals surface area (Å²) >= 11 is 0. The Labute approximate surface area is 122 Å². The standard InChI is InChI=1S/C12H19N9/c1-13-10-17-11(16-9-4-3-5-20(2)6-9)19-12(18-10)21-8-14-7-15-21/h7-9H,3-6H2,1-2H3,(H2,13,16,17,18,19). The van der Waals surface area contributed by atoms with Gasteiger partial charge in [0.1, 0.15) is 12.7 Å². The van der Waals surface area contributed by atoms with Crippen LogP contribution >= 0.6 is 0 Å². The van der Waals surface area contributed by atoms with Gasteiger partial charge in [0.2, 0.25) is 11.9 Å². The fourth-order valence-corrected chi connectivity index (χ4v) is 2.42. The lowest BCUT2D eigenvalue weighted by molar-refractivity contribution is 0.260. The second-order valence-electron chi connectivity index (χ2n) is 5.12. The van der Waals surface area contributed by atoms with Gasteiger partial charge in [0.05, 0.1) is 0 Å². The second kappa shape index (κ2) is 6.00. The molecule has 0 spiro atoms. The molecule has 1 aliphatic heterocycles. The first-order chi connectivity index (χ1) is 10.2. The van der Waals surface area contributed by atoms with Gasteiger partial charge in [-0.25, -0.2) is 4.98 Å². The predicted octanol–water partition coefficient (Wildman–Crippen LogP) is 0.000100. The minimum Gasteiger partial charge on any atom is -0.357 e. The molecule has 2 aromatic heterocycles. The highest BCUT2D eigenvalue weighted by molar-refractivity contribution is 5.38. The molecule has 0 aliphatic carbocycles. The average Bonchev–Trinajstić information content (AvgIpc) is 3.01. The Morgan fingerprint density at radius 3 is 2.81 bits per heavy atom. The van der Waals surface area contributed by atoms with E-state index in [4.69, 9.17) is 0 Å². The second-order valence-corrected chi connectivity index (χ2v) is 5.12. The Morgan fingerprint density at radius 2 is 2.10 bits per heavy atom. The summed E-state index contributed by atoms with van der Waals surface area (Å²) in [4.78, 5) is 19.3. The van der Waals surface area contributed by atoms with Crippen molar-refractivity contribution in [2.75, 3.05) is 37.8 Å². The molecular weight excluding hydrogens is 270 g/mol. The third-order valence-corrected chi connectivity index (χ3v) is 3.43. The first-order valence-corrected chi connectivity index (χ1v) is 6.98. The van der Waals surface area contributed by atoms with E-state index in [1.165, 1.54) is 17.4 Å². The zero-order chi connectivity index (χ0) is 14.7. The highest BCUT2D eigenvalue weighted by Gasteiger charge is 2.18. The van der Waals surface area contributed by atoms with Crippen molar-refractivity contribution in [2.24, 2.45) is 0 Å². The van der Waals surface area contributed by atoms with Crippen LogP contribution in [-0.2, 0) is 0 Å². The van der Waals surface area contributed by atoms with Gasteiger partial charge in [0, 0.05) is 19.6 Å². The number of aromatic nitrogens is 6. The number of rotatable bonds is 4. The van der Waals surface area contributed by atoms with Gasteiger partial charge in [0.15, 0.2) is 0 Å². The smallest absolute Gasteiger partial charge is 0.258 e. The van der Waals surface area contributed by atoms with E-state index in [0.29, 0.717) is 23.9 Å². The predicted molar refractivity (Wildman–Crippen MR) is 78.4 cm³/mol. The summed E-state index contributed by atoms with van der Waals surface area (Å²) in [6.07, 6.45) is 5.30. The Balaban J connectivity index is 1.82. The summed E-state index contributed by atoms with van der Waals surface area (Å²) in [7, 11) is 3.90. The van der Waals surface area contributed by atoms with E-state index in [2.05, 4.69) is 47.6 Å². The topological polar surface area (TPSA) is 96.7 Å². The van der Waals surface area contributed by atoms with Crippen LogP contribution in [0, 0.1) is 0 Å². The van der Waals surface area contributed by atoms with Crippen molar-refractivity contribution in [3.05, 3.63) is 12.7 Å². The molecular formula is C12H19N9. The van der Waals surface area contributed by atoms with Crippen LogP contribution < -0.4 is 10.6 Å². The van der Waals surface area contributed by atoms with Gasteiger partial charge in [0.25, 0.3) is 5.95 Å². The molecule has 1 saturated heterocycles. The summed E-state index contributed by atoms with van der Waals surface area (Å²) < 4.78 is 1.51. The van der Waals surface area contributed by atoms with E-state index in [-0.39, 0.29) is 0 Å². The molecule has 1 fully saturated rings. The number of nitrogens with one attached hydrogen (secondary N) is 2. The summed E-state index contributed by atoms with van der Waals surface area (Å²) in [5.41, 5.74) is 0. The maximum Gasteiger partial charge on any atom is 0.258 e. The van der Waals surface area contributed by atoms with Crippen molar-refractivity contribution >= 4 is 11.9 Å². The number of likely N-dealkylation sites (tertiary alicyclic amines) is 1. The van der Waals surface area contributed by atoms with Gasteiger partial charge in [-0.2, -0.15) is 24.7 Å². The van der Waals surface area contributed by atoms with Gasteiger partial charge in [-0.1, -0.05) is 0 Å². The van der Waals surface area contributed by atoms with Gasteiger partial charge >= 0.3 is 0 Å². The largest absolute Gasteiger partial charge is 0.357 e. The molecule has 1 atom stereocenters. The lowest BCUT2D eigenvalue weighted by Gasteiger charge is -2.30. The van der Waals surface area contributed by atoms with E-state index in [1.54, 1.807) is 13.4 Å². The van der Waals surface area contributed by atoms with Crippen LogP contribution in [0.2, 0.25) is 0 Å². The molecule has 9 heteroatoms. The van der Waals surface area contributed by atoms with Crippen molar-refractivity contribution in [2.45, 2.75) is 18.9 Å². The molecule has 1 aliphatic rings. The van der Waals surface area contributed by atoms with Crippen LogP contribution in [0.25, 0.3) is 5.95 Å². The normalized spacial score (nSPS) is 19.4. The maximum atomic E-state index is 4.41. The molecule has 2 aromatic rings. The molecule has 0 bridgehead atoms. The number of hydrogen-bond donors (Lipinski definition) is 2. The molecule has 0 aromatic carbocycles. The molecule has 1 unspecified atom stereocenters. The van der Waals surface area contributed by atoms with Crippen LogP contribution in [-0.4, -0.2) is 67.8 Å². The van der Waals surface area contributed by atoms with E-state index in [0.717, 1.165) is 19.5 Å². The molecule has 0 saturated carbocycles. The van der Waals surface area contributed by atoms with E-state index in [1.807, 2.05) is 0 Å². The van der Waals surface area contributed by atoms with Gasteiger partial charge < -0.3 is 15.5 Å². The minimum absolute atomic E-state index is 0.347. The SMILES string of the molecule is CNc1nc(NC2CCCN(C)C2)nc(-n2cncn2)n1. The lowest BCUT2D eigenvalue weighted by Crippen LogP contribution is -2.40. The van der Waals surface area contributed by atoms with E-state index < -0.39 is 0 Å². The fraction of sp³-hybridized carbons (Fsp3) is 0.583. The van der Waals surface area contributed by atoms with Crippen molar-refractivity contribution in [3.8, 4) is 5.95 Å². The molecule has 0 radical (unpaired) electrons. The molecule has 0 amide bonds. The van der Waals surface area contributed by atoms with Crippen LogP contribution in [0.15, 0.2) is 12.7 Å². The number of hydrogen-bond acceptors (Lipinski definition) is 8. The molecule has 3 heterocycles. The molecule has 112 valence electrons. The third-order valence-electron chi connectivity index (χ3n) is 3.43. The highest BCUT2D eigenvalue weighted by Crippen LogP contribution is 2.14. The van der Waals surface area contributed by atoms with Crippen molar-refractivity contribution < 1.29 is 0 Å². The third kappa shape index (κ3) is 3.24. The summed E-state index contributed by atoms with van der Waals surface area (Å²) in [5, 5.41) is 10.4. The lowest BCUT2D eigenvalue weighted by atomic mass is 10.1.